The first kappa shape index (κ1) is 20.4. The van der Waals surface area contributed by atoms with Crippen LogP contribution in [0.3, 0.4) is 0 Å². The van der Waals surface area contributed by atoms with Crippen LogP contribution < -0.4 is 20.7 Å². The standard InChI is InChI=1S/C20H19F3N4O2/c1-13-2-5-16(12-17(13)20(21,22)23)29-15-6-3-14(4-7-15)9-11-28-18-8-10-25-19(26-18)27-24/h2-8,10,12H,9,11,24H2,1H3,(H,25,26,27). The number of hydrogen-bond acceptors (Lipinski definition) is 6. The van der Waals surface area contributed by atoms with Gasteiger partial charge >= 0.3 is 6.18 Å². The van der Waals surface area contributed by atoms with Gasteiger partial charge in [0.2, 0.25) is 11.8 Å². The summed E-state index contributed by atoms with van der Waals surface area (Å²) in [5, 5.41) is 0. The highest BCUT2D eigenvalue weighted by Gasteiger charge is 2.32. The molecule has 0 spiro atoms. The maximum absolute atomic E-state index is 13.0. The molecule has 1 aromatic heterocycles. The Bertz CT molecular complexity index is 963. The monoisotopic (exact) mass is 404 g/mol. The van der Waals surface area contributed by atoms with E-state index >= 15 is 0 Å². The quantitative estimate of drug-likeness (QED) is 0.446. The number of hydrazine groups is 1. The van der Waals surface area contributed by atoms with Gasteiger partial charge in [0.1, 0.15) is 11.5 Å². The van der Waals surface area contributed by atoms with Crippen molar-refractivity contribution in [1.82, 2.24) is 9.97 Å². The van der Waals surface area contributed by atoms with E-state index in [0.717, 1.165) is 11.6 Å². The fraction of sp³-hybridized carbons (Fsp3) is 0.200. The second-order valence-electron chi connectivity index (χ2n) is 6.18. The first-order chi connectivity index (χ1) is 13.8. The van der Waals surface area contributed by atoms with Crippen LogP contribution in [0.15, 0.2) is 54.7 Å². The van der Waals surface area contributed by atoms with Crippen molar-refractivity contribution in [2.75, 3.05) is 12.0 Å². The molecular formula is C20H19F3N4O2. The fourth-order valence-electron chi connectivity index (χ4n) is 2.60. The molecule has 0 saturated carbocycles. The third-order valence-electron chi connectivity index (χ3n) is 4.07. The summed E-state index contributed by atoms with van der Waals surface area (Å²) in [6, 6.07) is 12.6. The van der Waals surface area contributed by atoms with Gasteiger partial charge in [0.25, 0.3) is 0 Å². The lowest BCUT2D eigenvalue weighted by atomic mass is 10.1. The number of rotatable bonds is 7. The first-order valence-corrected chi connectivity index (χ1v) is 8.72. The number of anilines is 1. The van der Waals surface area contributed by atoms with Crippen LogP contribution >= 0.6 is 0 Å². The van der Waals surface area contributed by atoms with Gasteiger partial charge in [0, 0.05) is 18.7 Å². The topological polar surface area (TPSA) is 82.3 Å². The van der Waals surface area contributed by atoms with E-state index in [1.165, 1.54) is 25.3 Å². The van der Waals surface area contributed by atoms with Gasteiger partial charge in [-0.15, -0.1) is 0 Å². The van der Waals surface area contributed by atoms with Crippen molar-refractivity contribution in [1.29, 1.82) is 0 Å². The lowest BCUT2D eigenvalue weighted by Gasteiger charge is -2.13. The van der Waals surface area contributed by atoms with Crippen molar-refractivity contribution >= 4 is 5.95 Å². The van der Waals surface area contributed by atoms with E-state index in [1.54, 1.807) is 18.2 Å². The summed E-state index contributed by atoms with van der Waals surface area (Å²) in [5.74, 6) is 6.48. The lowest BCUT2D eigenvalue weighted by Crippen LogP contribution is -2.11. The Morgan fingerprint density at radius 3 is 2.45 bits per heavy atom. The Labute approximate surface area is 165 Å². The number of nitrogens with one attached hydrogen (secondary N) is 1. The zero-order chi connectivity index (χ0) is 20.9. The van der Waals surface area contributed by atoms with Crippen molar-refractivity contribution in [2.45, 2.75) is 19.5 Å². The van der Waals surface area contributed by atoms with Gasteiger partial charge in [-0.25, -0.2) is 10.8 Å². The predicted octanol–water partition coefficient (Wildman–Crippen LogP) is 4.50. The minimum absolute atomic E-state index is 0.132. The number of halogens is 3. The van der Waals surface area contributed by atoms with Crippen LogP contribution in [0.1, 0.15) is 16.7 Å². The second-order valence-corrected chi connectivity index (χ2v) is 6.18. The lowest BCUT2D eigenvalue weighted by molar-refractivity contribution is -0.138. The number of nitrogen functional groups attached to an aromatic ring is 1. The van der Waals surface area contributed by atoms with Gasteiger partial charge in [-0.05, 0) is 42.3 Å². The van der Waals surface area contributed by atoms with Crippen molar-refractivity contribution in [3.63, 3.8) is 0 Å². The van der Waals surface area contributed by atoms with E-state index in [2.05, 4.69) is 15.4 Å². The molecule has 152 valence electrons. The molecule has 0 atom stereocenters. The number of alkyl halides is 3. The highest BCUT2D eigenvalue weighted by molar-refractivity contribution is 5.40. The molecule has 3 rings (SSSR count). The number of hydrogen-bond donors (Lipinski definition) is 2. The molecule has 0 amide bonds. The van der Waals surface area contributed by atoms with Crippen LogP contribution in [0.2, 0.25) is 0 Å². The fourth-order valence-corrected chi connectivity index (χ4v) is 2.60. The van der Waals surface area contributed by atoms with Crippen LogP contribution in [-0.2, 0) is 12.6 Å². The zero-order valence-electron chi connectivity index (χ0n) is 15.5. The van der Waals surface area contributed by atoms with E-state index < -0.39 is 11.7 Å². The smallest absolute Gasteiger partial charge is 0.416 e. The average molecular weight is 404 g/mol. The Morgan fingerprint density at radius 2 is 1.76 bits per heavy atom. The van der Waals surface area contributed by atoms with E-state index in [-0.39, 0.29) is 17.3 Å². The molecule has 0 aliphatic heterocycles. The Morgan fingerprint density at radius 1 is 1.03 bits per heavy atom. The molecule has 0 bridgehead atoms. The minimum atomic E-state index is -4.42. The molecule has 0 saturated heterocycles. The summed E-state index contributed by atoms with van der Waals surface area (Å²) < 4.78 is 50.2. The minimum Gasteiger partial charge on any atom is -0.477 e. The largest absolute Gasteiger partial charge is 0.477 e. The van der Waals surface area contributed by atoms with Crippen LogP contribution in [0.5, 0.6) is 17.4 Å². The Balaban J connectivity index is 1.57. The summed E-state index contributed by atoms with van der Waals surface area (Å²) in [5.41, 5.74) is 2.76. The molecule has 0 fully saturated rings. The number of ether oxygens (including phenoxy) is 2. The third-order valence-corrected chi connectivity index (χ3v) is 4.07. The highest BCUT2D eigenvalue weighted by atomic mass is 19.4. The van der Waals surface area contributed by atoms with Crippen LogP contribution in [-0.4, -0.2) is 16.6 Å². The maximum Gasteiger partial charge on any atom is 0.416 e. The first-order valence-electron chi connectivity index (χ1n) is 8.72. The third kappa shape index (κ3) is 5.58. The molecule has 0 radical (unpaired) electrons. The Kier molecular flexibility index (Phi) is 6.18. The molecule has 3 aromatic rings. The van der Waals surface area contributed by atoms with Crippen molar-refractivity contribution in [2.24, 2.45) is 5.84 Å². The number of nitrogens with zero attached hydrogens (tertiary/aromatic N) is 2. The number of aromatic nitrogens is 2. The van der Waals surface area contributed by atoms with Gasteiger partial charge in [-0.1, -0.05) is 18.2 Å². The molecule has 9 heteroatoms. The molecule has 0 unspecified atom stereocenters. The normalized spacial score (nSPS) is 11.2. The van der Waals surface area contributed by atoms with E-state index in [1.807, 2.05) is 12.1 Å². The summed E-state index contributed by atoms with van der Waals surface area (Å²) in [6.45, 7) is 1.80. The summed E-state index contributed by atoms with van der Waals surface area (Å²) >= 11 is 0. The molecule has 29 heavy (non-hydrogen) atoms. The number of nitrogens with two attached hydrogens (primary N) is 1. The molecular weight excluding hydrogens is 385 g/mol. The van der Waals surface area contributed by atoms with Crippen LogP contribution in [0, 0.1) is 6.92 Å². The Hall–Kier alpha value is -3.33. The maximum atomic E-state index is 13.0. The van der Waals surface area contributed by atoms with Crippen LogP contribution in [0.25, 0.3) is 0 Å². The summed E-state index contributed by atoms with van der Waals surface area (Å²) in [4.78, 5) is 7.93. The molecule has 2 aromatic carbocycles. The average Bonchev–Trinajstić information content (AvgIpc) is 2.70. The van der Waals surface area contributed by atoms with Crippen LogP contribution in [0.4, 0.5) is 19.1 Å². The van der Waals surface area contributed by atoms with Crippen molar-refractivity contribution < 1.29 is 22.6 Å². The van der Waals surface area contributed by atoms with Crippen molar-refractivity contribution in [3.8, 4) is 17.4 Å². The molecule has 6 nitrogen and oxygen atoms in total. The molecule has 3 N–H and O–H groups in total. The van der Waals surface area contributed by atoms with Gasteiger partial charge in [0.15, 0.2) is 0 Å². The molecule has 0 aliphatic rings. The van der Waals surface area contributed by atoms with Gasteiger partial charge in [-0.2, -0.15) is 18.2 Å². The predicted molar refractivity (Wildman–Crippen MR) is 102 cm³/mol. The van der Waals surface area contributed by atoms with E-state index in [4.69, 9.17) is 15.3 Å². The summed E-state index contributed by atoms with van der Waals surface area (Å²) in [6.07, 6.45) is -2.28. The van der Waals surface area contributed by atoms with Gasteiger partial charge in [-0.3, -0.25) is 5.43 Å². The number of aryl methyl sites for hydroxylation is 1. The van der Waals surface area contributed by atoms with Gasteiger partial charge < -0.3 is 9.47 Å². The number of benzene rings is 2. The summed E-state index contributed by atoms with van der Waals surface area (Å²) in [7, 11) is 0. The SMILES string of the molecule is Cc1ccc(Oc2ccc(CCOc3ccnc(NN)n3)cc2)cc1C(F)(F)F. The highest BCUT2D eigenvalue weighted by Crippen LogP contribution is 2.35. The van der Waals surface area contributed by atoms with E-state index in [0.29, 0.717) is 24.7 Å². The second kappa shape index (κ2) is 8.78. The molecule has 1 heterocycles. The zero-order valence-corrected chi connectivity index (χ0v) is 15.5. The van der Waals surface area contributed by atoms with Crippen molar-refractivity contribution in [3.05, 3.63) is 71.4 Å². The van der Waals surface area contributed by atoms with Gasteiger partial charge in [0.05, 0.1) is 12.2 Å². The van der Waals surface area contributed by atoms with E-state index in [9.17, 15) is 13.2 Å². The molecule has 0 aliphatic carbocycles.